The minimum atomic E-state index is -0.584. The number of hydrogen-bond acceptors (Lipinski definition) is 4. The monoisotopic (exact) mass is 407 g/mol. The average Bonchev–Trinajstić information content (AvgIpc) is 2.76. The Hall–Kier alpha value is -2.20. The van der Waals surface area contributed by atoms with E-state index < -0.39 is 6.10 Å². The van der Waals surface area contributed by atoms with Gasteiger partial charge in [0.2, 0.25) is 0 Å². The lowest BCUT2D eigenvalue weighted by atomic mass is 9.48. The van der Waals surface area contributed by atoms with Crippen LogP contribution >= 0.6 is 0 Å². The van der Waals surface area contributed by atoms with Crippen molar-refractivity contribution in [3.63, 3.8) is 0 Å². The fourth-order valence-electron chi connectivity index (χ4n) is 6.59. The summed E-state index contributed by atoms with van der Waals surface area (Å²) in [5.41, 5.74) is 2.86. The second-order valence-corrected chi connectivity index (χ2v) is 9.80. The van der Waals surface area contributed by atoms with Crippen molar-refractivity contribution >= 4 is 5.69 Å². The molecule has 4 saturated carbocycles. The van der Waals surface area contributed by atoms with E-state index in [-0.39, 0.29) is 6.61 Å². The molecule has 2 aromatic carbocycles. The Labute approximate surface area is 179 Å². The molecule has 0 saturated heterocycles. The van der Waals surface area contributed by atoms with Gasteiger partial charge in [0.05, 0.1) is 7.11 Å². The lowest BCUT2D eigenvalue weighted by Gasteiger charge is -2.57. The third-order valence-electron chi connectivity index (χ3n) is 7.56. The van der Waals surface area contributed by atoms with Crippen molar-refractivity contribution in [1.82, 2.24) is 0 Å². The number of anilines is 1. The molecule has 4 fully saturated rings. The Morgan fingerprint density at radius 1 is 0.967 bits per heavy atom. The zero-order valence-electron chi connectivity index (χ0n) is 17.8. The molecule has 30 heavy (non-hydrogen) atoms. The topological polar surface area (TPSA) is 50.7 Å². The summed E-state index contributed by atoms with van der Waals surface area (Å²) in [6, 6.07) is 16.4. The van der Waals surface area contributed by atoms with Crippen LogP contribution in [0.3, 0.4) is 0 Å². The molecule has 6 rings (SSSR count). The van der Waals surface area contributed by atoms with Crippen molar-refractivity contribution in [1.29, 1.82) is 0 Å². The molecule has 1 unspecified atom stereocenters. The molecule has 160 valence electrons. The van der Waals surface area contributed by atoms with E-state index in [1.54, 1.807) is 7.11 Å². The van der Waals surface area contributed by atoms with Crippen LogP contribution in [-0.4, -0.2) is 31.5 Å². The Kier molecular flexibility index (Phi) is 5.36. The predicted octanol–water partition coefficient (Wildman–Crippen LogP) is 5.01. The lowest BCUT2D eigenvalue weighted by molar-refractivity contribution is -0.00521. The second kappa shape index (κ2) is 8.14. The number of nitrogens with one attached hydrogen (secondary N) is 1. The second-order valence-electron chi connectivity index (χ2n) is 9.80. The van der Waals surface area contributed by atoms with Gasteiger partial charge >= 0.3 is 0 Å². The molecule has 4 aliphatic rings. The van der Waals surface area contributed by atoms with E-state index in [1.165, 1.54) is 44.1 Å². The summed E-state index contributed by atoms with van der Waals surface area (Å²) >= 11 is 0. The van der Waals surface area contributed by atoms with Gasteiger partial charge in [-0.15, -0.1) is 0 Å². The van der Waals surface area contributed by atoms with Gasteiger partial charge in [-0.05, 0) is 91.5 Å². The van der Waals surface area contributed by atoms with E-state index in [0.29, 0.717) is 12.0 Å². The van der Waals surface area contributed by atoms with Crippen molar-refractivity contribution in [3.05, 3.63) is 54.1 Å². The summed E-state index contributed by atoms with van der Waals surface area (Å²) in [4.78, 5) is 0. The third-order valence-corrected chi connectivity index (χ3v) is 7.56. The van der Waals surface area contributed by atoms with Crippen LogP contribution in [0.5, 0.6) is 11.5 Å². The quantitative estimate of drug-likeness (QED) is 0.645. The normalized spacial score (nSPS) is 30.1. The number of ether oxygens (including phenoxy) is 2. The predicted molar refractivity (Wildman–Crippen MR) is 119 cm³/mol. The summed E-state index contributed by atoms with van der Waals surface area (Å²) in [7, 11) is 1.65. The van der Waals surface area contributed by atoms with Crippen LogP contribution in [-0.2, 0) is 5.41 Å². The van der Waals surface area contributed by atoms with Crippen LogP contribution in [0, 0.1) is 17.8 Å². The standard InChI is InChI=1S/C26H33NO3/c1-29-25-4-2-3-22(12-25)27-16-23(28)17-30-24-7-5-21(6-8-24)26-13-18-9-19(14-26)11-20(10-18)15-26/h2-8,12,18-20,23,27-28H,9-11,13-17H2,1H3. The maximum Gasteiger partial charge on any atom is 0.120 e. The summed E-state index contributed by atoms with van der Waals surface area (Å²) in [6.45, 7) is 0.701. The molecular weight excluding hydrogens is 374 g/mol. The van der Waals surface area contributed by atoms with Crippen LogP contribution in [0.1, 0.15) is 44.1 Å². The van der Waals surface area contributed by atoms with Crippen molar-refractivity contribution in [3.8, 4) is 11.5 Å². The fraction of sp³-hybridized carbons (Fsp3) is 0.538. The van der Waals surface area contributed by atoms with Crippen molar-refractivity contribution in [2.24, 2.45) is 17.8 Å². The summed E-state index contributed by atoms with van der Waals surface area (Å²) in [5.74, 6) is 4.51. The minimum Gasteiger partial charge on any atom is -0.497 e. The van der Waals surface area contributed by atoms with Gasteiger partial charge in [-0.25, -0.2) is 0 Å². The maximum atomic E-state index is 10.3. The van der Waals surface area contributed by atoms with Crippen molar-refractivity contribution in [2.75, 3.05) is 25.6 Å². The zero-order chi connectivity index (χ0) is 20.6. The Balaban J connectivity index is 1.14. The number of aliphatic hydroxyl groups is 1. The summed E-state index contributed by atoms with van der Waals surface area (Å²) in [5, 5.41) is 13.5. The number of benzene rings is 2. The Morgan fingerprint density at radius 2 is 1.63 bits per heavy atom. The van der Waals surface area contributed by atoms with Crippen LogP contribution in [0.4, 0.5) is 5.69 Å². The highest BCUT2D eigenvalue weighted by Crippen LogP contribution is 2.60. The van der Waals surface area contributed by atoms with E-state index in [9.17, 15) is 5.11 Å². The molecule has 1 atom stereocenters. The van der Waals surface area contributed by atoms with Gasteiger partial charge in [0.15, 0.2) is 0 Å². The maximum absolute atomic E-state index is 10.3. The van der Waals surface area contributed by atoms with Crippen LogP contribution < -0.4 is 14.8 Å². The molecule has 2 aromatic rings. The highest BCUT2D eigenvalue weighted by Gasteiger charge is 2.51. The summed E-state index contributed by atoms with van der Waals surface area (Å²) in [6.07, 6.45) is 7.99. The van der Waals surface area contributed by atoms with E-state index in [0.717, 1.165) is 34.9 Å². The van der Waals surface area contributed by atoms with E-state index in [2.05, 4.69) is 29.6 Å². The number of hydrogen-bond donors (Lipinski definition) is 2. The molecule has 0 heterocycles. The highest BCUT2D eigenvalue weighted by molar-refractivity contribution is 5.48. The van der Waals surface area contributed by atoms with Gasteiger partial charge in [0, 0.05) is 18.3 Å². The minimum absolute atomic E-state index is 0.272. The smallest absolute Gasteiger partial charge is 0.120 e. The summed E-state index contributed by atoms with van der Waals surface area (Å²) < 4.78 is 11.1. The molecule has 0 aliphatic heterocycles. The molecular formula is C26H33NO3. The molecule has 4 heteroatoms. The van der Waals surface area contributed by atoms with Gasteiger partial charge in [-0.1, -0.05) is 18.2 Å². The first-order valence-electron chi connectivity index (χ1n) is 11.4. The lowest BCUT2D eigenvalue weighted by Crippen LogP contribution is -2.48. The first kappa shape index (κ1) is 19.7. The molecule has 0 spiro atoms. The number of aliphatic hydroxyl groups excluding tert-OH is 1. The van der Waals surface area contributed by atoms with Gasteiger partial charge in [-0.2, -0.15) is 0 Å². The molecule has 4 nitrogen and oxygen atoms in total. The van der Waals surface area contributed by atoms with Crippen molar-refractivity contribution < 1.29 is 14.6 Å². The number of rotatable bonds is 8. The molecule has 0 aromatic heterocycles. The average molecular weight is 408 g/mol. The molecule has 0 radical (unpaired) electrons. The fourth-order valence-corrected chi connectivity index (χ4v) is 6.59. The molecule has 4 aliphatic carbocycles. The largest absolute Gasteiger partial charge is 0.497 e. The van der Waals surface area contributed by atoms with Crippen LogP contribution in [0.2, 0.25) is 0 Å². The highest BCUT2D eigenvalue weighted by atomic mass is 16.5. The van der Waals surface area contributed by atoms with Crippen molar-refractivity contribution in [2.45, 2.75) is 50.0 Å². The first-order valence-corrected chi connectivity index (χ1v) is 11.4. The van der Waals surface area contributed by atoms with Crippen LogP contribution in [0.15, 0.2) is 48.5 Å². The van der Waals surface area contributed by atoms with E-state index in [1.807, 2.05) is 24.3 Å². The van der Waals surface area contributed by atoms with Gasteiger partial charge in [0.1, 0.15) is 24.2 Å². The molecule has 0 amide bonds. The Morgan fingerprint density at radius 3 is 2.27 bits per heavy atom. The van der Waals surface area contributed by atoms with Gasteiger partial charge < -0.3 is 19.9 Å². The van der Waals surface area contributed by atoms with Gasteiger partial charge in [-0.3, -0.25) is 0 Å². The molecule has 4 bridgehead atoms. The van der Waals surface area contributed by atoms with E-state index in [4.69, 9.17) is 9.47 Å². The Bertz CT molecular complexity index is 828. The first-order chi connectivity index (χ1) is 14.6. The van der Waals surface area contributed by atoms with E-state index >= 15 is 0 Å². The SMILES string of the molecule is COc1cccc(NCC(O)COc2ccc(C34CC5CC(CC(C5)C3)C4)cc2)c1. The zero-order valence-corrected chi connectivity index (χ0v) is 17.8. The van der Waals surface area contributed by atoms with Crippen LogP contribution in [0.25, 0.3) is 0 Å². The molecule has 2 N–H and O–H groups in total. The van der Waals surface area contributed by atoms with Gasteiger partial charge in [0.25, 0.3) is 0 Å². The number of methoxy groups -OCH3 is 1. The third kappa shape index (κ3) is 4.02.